The molecule has 3 rings (SSSR count). The summed E-state index contributed by atoms with van der Waals surface area (Å²) in [6, 6.07) is 12.9. The van der Waals surface area contributed by atoms with Crippen molar-refractivity contribution in [2.45, 2.75) is 25.5 Å². The second-order valence-electron chi connectivity index (χ2n) is 6.15. The number of hydrogen-bond acceptors (Lipinski definition) is 5. The van der Waals surface area contributed by atoms with Gasteiger partial charge in [-0.1, -0.05) is 11.8 Å². The molecule has 3 aromatic rings. The van der Waals surface area contributed by atoms with Gasteiger partial charge in [-0.15, -0.1) is 10.2 Å². The zero-order chi connectivity index (χ0) is 20.8. The number of nitrogens with one attached hydrogen (secondary N) is 2. The number of anilines is 2. The molecule has 0 saturated carbocycles. The predicted molar refractivity (Wildman–Crippen MR) is 111 cm³/mol. The molecule has 0 fully saturated rings. The summed E-state index contributed by atoms with van der Waals surface area (Å²) in [7, 11) is 0. The largest absolute Gasteiger partial charge is 0.326 e. The zero-order valence-corrected chi connectivity index (χ0v) is 16.8. The highest BCUT2D eigenvalue weighted by Crippen LogP contribution is 2.25. The van der Waals surface area contributed by atoms with Crippen LogP contribution in [0.25, 0.3) is 11.4 Å². The van der Waals surface area contributed by atoms with Crippen molar-refractivity contribution in [2.24, 2.45) is 0 Å². The molecule has 9 heteroatoms. The van der Waals surface area contributed by atoms with Gasteiger partial charge in [-0.3, -0.25) is 9.59 Å². The molecule has 0 aliphatic heterocycles. The fourth-order valence-electron chi connectivity index (χ4n) is 2.66. The second kappa shape index (κ2) is 9.33. The molecule has 2 aromatic carbocycles. The predicted octanol–water partition coefficient (Wildman–Crippen LogP) is 3.79. The van der Waals surface area contributed by atoms with Gasteiger partial charge in [0.15, 0.2) is 11.0 Å². The number of nitrogens with zero attached hydrogens (tertiary/aromatic N) is 3. The van der Waals surface area contributed by atoms with E-state index in [1.54, 1.807) is 12.1 Å². The third kappa shape index (κ3) is 5.41. The molecule has 0 aliphatic carbocycles. The van der Waals surface area contributed by atoms with Crippen molar-refractivity contribution < 1.29 is 14.0 Å². The van der Waals surface area contributed by atoms with Gasteiger partial charge in [0.05, 0.1) is 5.75 Å². The molecule has 0 atom stereocenters. The molecule has 0 spiro atoms. The van der Waals surface area contributed by atoms with E-state index in [-0.39, 0.29) is 23.4 Å². The summed E-state index contributed by atoms with van der Waals surface area (Å²) < 4.78 is 14.9. The lowest BCUT2D eigenvalue weighted by Gasteiger charge is -2.09. The van der Waals surface area contributed by atoms with Gasteiger partial charge >= 0.3 is 0 Å². The number of carbonyl (C=O) groups is 2. The van der Waals surface area contributed by atoms with E-state index in [1.807, 2.05) is 23.6 Å². The van der Waals surface area contributed by atoms with Gasteiger partial charge in [-0.25, -0.2) is 4.39 Å². The van der Waals surface area contributed by atoms with E-state index in [1.165, 1.54) is 43.0 Å². The molecule has 2 amide bonds. The minimum atomic E-state index is -0.356. The summed E-state index contributed by atoms with van der Waals surface area (Å²) in [5, 5.41) is 14.5. The number of hydrogen-bond donors (Lipinski definition) is 2. The lowest BCUT2D eigenvalue weighted by atomic mass is 10.2. The van der Waals surface area contributed by atoms with Crippen molar-refractivity contribution >= 4 is 35.0 Å². The molecule has 0 radical (unpaired) electrons. The number of benzene rings is 2. The second-order valence-corrected chi connectivity index (χ2v) is 7.10. The lowest BCUT2D eigenvalue weighted by molar-refractivity contribution is -0.114. The maximum absolute atomic E-state index is 12.9. The molecule has 1 aromatic heterocycles. The van der Waals surface area contributed by atoms with Crippen LogP contribution in [-0.4, -0.2) is 32.3 Å². The number of aromatic nitrogens is 3. The van der Waals surface area contributed by atoms with Crippen molar-refractivity contribution in [3.63, 3.8) is 0 Å². The summed E-state index contributed by atoms with van der Waals surface area (Å²) >= 11 is 1.28. The van der Waals surface area contributed by atoms with E-state index in [0.29, 0.717) is 28.9 Å². The fourth-order valence-corrected chi connectivity index (χ4v) is 3.46. The Hall–Kier alpha value is -3.20. The molecule has 29 heavy (non-hydrogen) atoms. The Bertz CT molecular complexity index is 1000. The van der Waals surface area contributed by atoms with Crippen LogP contribution in [0.5, 0.6) is 0 Å². The Balaban J connectivity index is 1.66. The van der Waals surface area contributed by atoms with Gasteiger partial charge in [0.2, 0.25) is 11.8 Å². The summed E-state index contributed by atoms with van der Waals surface area (Å²) in [5.41, 5.74) is 2.10. The Morgan fingerprint density at radius 3 is 2.24 bits per heavy atom. The van der Waals surface area contributed by atoms with E-state index in [9.17, 15) is 14.0 Å². The molecule has 2 N–H and O–H groups in total. The normalized spacial score (nSPS) is 10.6. The van der Waals surface area contributed by atoms with Crippen LogP contribution in [0.2, 0.25) is 0 Å². The Morgan fingerprint density at radius 1 is 1.00 bits per heavy atom. The average molecular weight is 413 g/mol. The molecule has 7 nitrogen and oxygen atoms in total. The number of carbonyl (C=O) groups excluding carboxylic acids is 2. The molecule has 0 saturated heterocycles. The number of halogens is 1. The van der Waals surface area contributed by atoms with Crippen LogP contribution in [0.1, 0.15) is 13.8 Å². The molecule has 0 unspecified atom stereocenters. The SMILES string of the molecule is CCn1c(SCC(=O)Nc2ccc(F)cc2)nnc1-c1ccc(NC(C)=O)cc1. The lowest BCUT2D eigenvalue weighted by Crippen LogP contribution is -2.14. The van der Waals surface area contributed by atoms with E-state index < -0.39 is 0 Å². The maximum atomic E-state index is 12.9. The Morgan fingerprint density at radius 2 is 1.62 bits per heavy atom. The monoisotopic (exact) mass is 413 g/mol. The van der Waals surface area contributed by atoms with Crippen molar-refractivity contribution in [2.75, 3.05) is 16.4 Å². The highest BCUT2D eigenvalue weighted by atomic mass is 32.2. The van der Waals surface area contributed by atoms with Crippen molar-refractivity contribution in [3.8, 4) is 11.4 Å². The van der Waals surface area contributed by atoms with Crippen molar-refractivity contribution in [1.82, 2.24) is 14.8 Å². The van der Waals surface area contributed by atoms with Crippen LogP contribution in [-0.2, 0) is 16.1 Å². The maximum Gasteiger partial charge on any atom is 0.234 e. The Kier molecular flexibility index (Phi) is 6.61. The van der Waals surface area contributed by atoms with Gasteiger partial charge in [0, 0.05) is 30.4 Å². The highest BCUT2D eigenvalue weighted by Gasteiger charge is 2.15. The quantitative estimate of drug-likeness (QED) is 0.575. The van der Waals surface area contributed by atoms with Crippen LogP contribution in [0.4, 0.5) is 15.8 Å². The smallest absolute Gasteiger partial charge is 0.234 e. The first-order chi connectivity index (χ1) is 14.0. The van der Waals surface area contributed by atoms with E-state index in [2.05, 4.69) is 20.8 Å². The standard InChI is InChI=1S/C20H20FN5O2S/c1-3-26-19(14-4-8-16(9-5-14)22-13(2)27)24-25-20(26)29-12-18(28)23-17-10-6-15(21)7-11-17/h4-11H,3,12H2,1-2H3,(H,22,27)(H,23,28). The van der Waals surface area contributed by atoms with E-state index >= 15 is 0 Å². The molecule has 0 bridgehead atoms. The summed E-state index contributed by atoms with van der Waals surface area (Å²) in [6.45, 7) is 4.07. The summed E-state index contributed by atoms with van der Waals surface area (Å²) in [5.74, 6) is 0.131. The highest BCUT2D eigenvalue weighted by molar-refractivity contribution is 7.99. The molecule has 0 aliphatic rings. The molecular weight excluding hydrogens is 393 g/mol. The van der Waals surface area contributed by atoms with E-state index in [0.717, 1.165) is 5.56 Å². The first-order valence-corrected chi connectivity index (χ1v) is 9.94. The first kappa shape index (κ1) is 20.5. The third-order valence-corrected chi connectivity index (χ3v) is 4.92. The Labute approximate surface area is 171 Å². The van der Waals surface area contributed by atoms with Gasteiger partial charge in [-0.05, 0) is 55.5 Å². The minimum Gasteiger partial charge on any atom is -0.326 e. The van der Waals surface area contributed by atoms with Crippen LogP contribution in [0.3, 0.4) is 0 Å². The first-order valence-electron chi connectivity index (χ1n) is 8.95. The fraction of sp³-hybridized carbons (Fsp3) is 0.200. The average Bonchev–Trinajstić information content (AvgIpc) is 3.11. The van der Waals surface area contributed by atoms with Gasteiger partial charge in [0.1, 0.15) is 5.82 Å². The number of thioether (sulfide) groups is 1. The number of amides is 2. The minimum absolute atomic E-state index is 0.132. The van der Waals surface area contributed by atoms with Gasteiger partial charge in [0.25, 0.3) is 0 Å². The van der Waals surface area contributed by atoms with E-state index in [4.69, 9.17) is 0 Å². The summed E-state index contributed by atoms with van der Waals surface area (Å²) in [6.07, 6.45) is 0. The number of rotatable bonds is 7. The third-order valence-electron chi connectivity index (χ3n) is 3.96. The van der Waals surface area contributed by atoms with Crippen LogP contribution < -0.4 is 10.6 Å². The molecular formula is C20H20FN5O2S. The zero-order valence-electron chi connectivity index (χ0n) is 16.0. The van der Waals surface area contributed by atoms with Crippen molar-refractivity contribution in [1.29, 1.82) is 0 Å². The van der Waals surface area contributed by atoms with Gasteiger partial charge in [-0.2, -0.15) is 0 Å². The van der Waals surface area contributed by atoms with Crippen LogP contribution >= 0.6 is 11.8 Å². The molecule has 1 heterocycles. The van der Waals surface area contributed by atoms with Gasteiger partial charge < -0.3 is 15.2 Å². The molecule has 150 valence electrons. The summed E-state index contributed by atoms with van der Waals surface area (Å²) in [4.78, 5) is 23.3. The van der Waals surface area contributed by atoms with Crippen LogP contribution in [0.15, 0.2) is 53.7 Å². The van der Waals surface area contributed by atoms with Crippen molar-refractivity contribution in [3.05, 3.63) is 54.3 Å². The van der Waals surface area contributed by atoms with Crippen LogP contribution in [0, 0.1) is 5.82 Å². The topological polar surface area (TPSA) is 88.9 Å².